The van der Waals surface area contributed by atoms with E-state index in [1.54, 1.807) is 11.4 Å². The fourth-order valence-electron chi connectivity index (χ4n) is 3.69. The first-order chi connectivity index (χ1) is 17.6. The van der Waals surface area contributed by atoms with Gasteiger partial charge in [0.2, 0.25) is 0 Å². The van der Waals surface area contributed by atoms with Gasteiger partial charge in [0.1, 0.15) is 17.4 Å². The zero-order valence-electron chi connectivity index (χ0n) is 19.8. The molecule has 0 aromatic heterocycles. The second-order valence-corrected chi connectivity index (χ2v) is 10.9. The summed E-state index contributed by atoms with van der Waals surface area (Å²) in [5, 5.41) is 9.11. The van der Waals surface area contributed by atoms with Crippen LogP contribution < -0.4 is 18.5 Å². The predicted octanol–water partition coefficient (Wildman–Crippen LogP) is 3.77. The Hall–Kier alpha value is -2.97. The average Bonchev–Trinajstić information content (AvgIpc) is 2.88. The first kappa shape index (κ1) is 27.1. The van der Waals surface area contributed by atoms with Crippen LogP contribution in [0.4, 0.5) is 18.9 Å². The number of aliphatic hydroxyl groups excluding tert-OH is 1. The van der Waals surface area contributed by atoms with Crippen molar-refractivity contribution in [1.82, 2.24) is 9.03 Å². The third-order valence-corrected chi connectivity index (χ3v) is 8.17. The number of hydrogen-bond donors (Lipinski definition) is 2. The van der Waals surface area contributed by atoms with E-state index >= 15 is 0 Å². The van der Waals surface area contributed by atoms with Gasteiger partial charge in [-0.1, -0.05) is 6.07 Å². The number of nitrogens with one attached hydrogen (secondary N) is 1. The Morgan fingerprint density at radius 1 is 1.14 bits per heavy atom. The summed E-state index contributed by atoms with van der Waals surface area (Å²) >= 11 is 1.12. The van der Waals surface area contributed by atoms with Crippen molar-refractivity contribution >= 4 is 27.8 Å². The normalized spacial score (nSPS) is 15.4. The van der Waals surface area contributed by atoms with Crippen LogP contribution in [0.5, 0.6) is 11.5 Å². The molecule has 1 unspecified atom stereocenters. The quantitative estimate of drug-likeness (QED) is 0.386. The molecule has 198 valence electrons. The zero-order chi connectivity index (χ0) is 26.7. The first-order valence-corrected chi connectivity index (χ1v) is 13.2. The second-order valence-electron chi connectivity index (χ2n) is 8.03. The Morgan fingerprint density at radius 3 is 2.62 bits per heavy atom. The number of ether oxygens (including phenoxy) is 2. The van der Waals surface area contributed by atoms with Crippen LogP contribution in [0.25, 0.3) is 11.1 Å². The lowest BCUT2D eigenvalue weighted by molar-refractivity contribution is 0.191. The van der Waals surface area contributed by atoms with Crippen LogP contribution in [0, 0.1) is 17.5 Å². The molecule has 1 heterocycles. The van der Waals surface area contributed by atoms with E-state index < -0.39 is 33.7 Å². The third kappa shape index (κ3) is 5.80. The molecular formula is C24H24F3N3O5S2. The molecule has 4 rings (SSSR count). The minimum Gasteiger partial charge on any atom is -0.494 e. The first-order valence-electron chi connectivity index (χ1n) is 11.0. The van der Waals surface area contributed by atoms with Gasteiger partial charge in [-0.3, -0.25) is 4.31 Å². The maximum absolute atomic E-state index is 14.5. The van der Waals surface area contributed by atoms with Gasteiger partial charge in [0.05, 0.1) is 30.8 Å². The highest BCUT2D eigenvalue weighted by atomic mass is 32.2. The number of benzene rings is 3. The van der Waals surface area contributed by atoms with Gasteiger partial charge in [0.15, 0.2) is 17.8 Å². The summed E-state index contributed by atoms with van der Waals surface area (Å²) in [5.41, 5.74) is 0.279. The lowest BCUT2D eigenvalue weighted by Gasteiger charge is -2.36. The van der Waals surface area contributed by atoms with Crippen LogP contribution in [-0.4, -0.2) is 57.9 Å². The topological polar surface area (TPSA) is 91.3 Å². The van der Waals surface area contributed by atoms with Crippen LogP contribution in [0.1, 0.15) is 0 Å². The van der Waals surface area contributed by atoms with E-state index in [0.717, 1.165) is 52.8 Å². The van der Waals surface area contributed by atoms with Gasteiger partial charge in [-0.25, -0.2) is 30.6 Å². The van der Waals surface area contributed by atoms with E-state index in [1.165, 1.54) is 25.3 Å². The van der Waals surface area contributed by atoms with Crippen molar-refractivity contribution < 1.29 is 36.2 Å². The van der Waals surface area contributed by atoms with E-state index in [-0.39, 0.29) is 46.4 Å². The molecule has 1 aliphatic rings. The SMILES string of the molecule is COc1cc(S(=O)(=O)N2CC(NSN(C)CCO)Oc3ccc(-c4cc(F)ccc4F)cc32)ccc1F. The molecule has 0 saturated heterocycles. The van der Waals surface area contributed by atoms with Crippen molar-refractivity contribution in [3.05, 3.63) is 72.0 Å². The van der Waals surface area contributed by atoms with Gasteiger partial charge in [0, 0.05) is 30.3 Å². The molecule has 2 N–H and O–H groups in total. The van der Waals surface area contributed by atoms with Crippen molar-refractivity contribution in [2.75, 3.05) is 38.2 Å². The Balaban J connectivity index is 1.78. The smallest absolute Gasteiger partial charge is 0.264 e. The average molecular weight is 556 g/mol. The Morgan fingerprint density at radius 2 is 1.89 bits per heavy atom. The fraction of sp³-hybridized carbons (Fsp3) is 0.250. The molecule has 0 spiro atoms. The minimum atomic E-state index is -4.29. The van der Waals surface area contributed by atoms with Gasteiger partial charge in [-0.15, -0.1) is 0 Å². The van der Waals surface area contributed by atoms with Crippen molar-refractivity contribution in [1.29, 1.82) is 0 Å². The number of methoxy groups -OCH3 is 1. The summed E-state index contributed by atoms with van der Waals surface area (Å²) < 4.78 is 86.5. The molecule has 1 atom stereocenters. The van der Waals surface area contributed by atoms with E-state index in [0.29, 0.717) is 6.54 Å². The number of anilines is 1. The summed E-state index contributed by atoms with van der Waals surface area (Å²) in [7, 11) is -1.34. The van der Waals surface area contributed by atoms with E-state index in [4.69, 9.17) is 14.6 Å². The highest BCUT2D eigenvalue weighted by Gasteiger charge is 2.35. The fourth-order valence-corrected chi connectivity index (χ4v) is 5.77. The van der Waals surface area contributed by atoms with Crippen molar-refractivity contribution in [3.63, 3.8) is 0 Å². The number of rotatable bonds is 9. The standard InChI is InChI=1S/C24H24F3N3O5S2/c1-29(9-10-31)36-28-24-14-30(37(32,33)17-5-7-20(27)23(13-17)34-2)21-11-15(3-8-22(21)35-24)18-12-16(25)4-6-19(18)26/h3-8,11-13,24,28,31H,9-10,14H2,1-2H3. The maximum atomic E-state index is 14.5. The monoisotopic (exact) mass is 555 g/mol. The van der Waals surface area contributed by atoms with Crippen molar-refractivity contribution in [3.8, 4) is 22.6 Å². The summed E-state index contributed by atoms with van der Waals surface area (Å²) in [5.74, 6) is -2.14. The number of halogens is 3. The molecule has 8 nitrogen and oxygen atoms in total. The van der Waals surface area contributed by atoms with Crippen LogP contribution >= 0.6 is 12.1 Å². The highest BCUT2D eigenvalue weighted by molar-refractivity contribution is 7.95. The number of aliphatic hydroxyl groups is 1. The molecule has 0 amide bonds. The number of nitrogens with zero attached hydrogens (tertiary/aromatic N) is 2. The Bertz CT molecular complexity index is 1390. The van der Waals surface area contributed by atoms with Gasteiger partial charge < -0.3 is 14.6 Å². The summed E-state index contributed by atoms with van der Waals surface area (Å²) in [6, 6.07) is 10.5. The van der Waals surface area contributed by atoms with Gasteiger partial charge >= 0.3 is 0 Å². The summed E-state index contributed by atoms with van der Waals surface area (Å²) in [6.07, 6.45) is -0.826. The van der Waals surface area contributed by atoms with Crippen molar-refractivity contribution in [2.45, 2.75) is 11.1 Å². The molecule has 0 radical (unpaired) electrons. The third-order valence-electron chi connectivity index (χ3n) is 5.53. The number of likely N-dealkylation sites (N-methyl/N-ethyl adjacent to an activating group) is 1. The molecule has 0 saturated carbocycles. The van der Waals surface area contributed by atoms with Gasteiger partial charge in [-0.05, 0) is 55.1 Å². The van der Waals surface area contributed by atoms with Crippen molar-refractivity contribution in [2.24, 2.45) is 0 Å². The maximum Gasteiger partial charge on any atom is 0.264 e. The number of sulfonamides is 1. The lowest BCUT2D eigenvalue weighted by atomic mass is 10.0. The molecule has 3 aromatic rings. The largest absolute Gasteiger partial charge is 0.494 e. The van der Waals surface area contributed by atoms with Crippen LogP contribution in [-0.2, 0) is 10.0 Å². The zero-order valence-corrected chi connectivity index (χ0v) is 21.5. The number of fused-ring (bicyclic) bond motifs is 1. The van der Waals surface area contributed by atoms with Gasteiger partial charge in [-0.2, -0.15) is 0 Å². The molecule has 0 aliphatic carbocycles. The minimum absolute atomic E-state index is 0.0509. The molecule has 0 fully saturated rings. The highest BCUT2D eigenvalue weighted by Crippen LogP contribution is 2.41. The molecule has 13 heteroatoms. The lowest BCUT2D eigenvalue weighted by Crippen LogP contribution is -2.49. The number of hydrogen-bond acceptors (Lipinski definition) is 8. The van der Waals surface area contributed by atoms with E-state index in [9.17, 15) is 21.6 Å². The van der Waals surface area contributed by atoms with E-state index in [2.05, 4.69) is 4.72 Å². The van der Waals surface area contributed by atoms with Crippen LogP contribution in [0.3, 0.4) is 0 Å². The Kier molecular flexibility index (Phi) is 8.19. The van der Waals surface area contributed by atoms with Crippen LogP contribution in [0.2, 0.25) is 0 Å². The molecule has 37 heavy (non-hydrogen) atoms. The summed E-state index contributed by atoms with van der Waals surface area (Å²) in [6.45, 7) is 0.0663. The molecule has 0 bridgehead atoms. The van der Waals surface area contributed by atoms with Crippen LogP contribution in [0.15, 0.2) is 59.5 Å². The second kappa shape index (κ2) is 11.2. The molecule has 3 aromatic carbocycles. The molecular weight excluding hydrogens is 531 g/mol. The Labute approximate surface area is 216 Å². The summed E-state index contributed by atoms with van der Waals surface area (Å²) in [4.78, 5) is -0.232. The molecule has 1 aliphatic heterocycles. The van der Waals surface area contributed by atoms with E-state index in [1.807, 2.05) is 0 Å². The predicted molar refractivity (Wildman–Crippen MR) is 134 cm³/mol. The van der Waals surface area contributed by atoms with Gasteiger partial charge in [0.25, 0.3) is 10.0 Å².